The van der Waals surface area contributed by atoms with Gasteiger partial charge in [0.25, 0.3) is 0 Å². The topological polar surface area (TPSA) is 29.5 Å². The maximum atomic E-state index is 11.4. The highest BCUT2D eigenvalue weighted by Gasteiger charge is 2.52. The Morgan fingerprint density at radius 1 is 0.516 bits per heavy atom. The molecule has 4 unspecified atom stereocenters. The molecule has 0 amide bonds. The molecule has 0 aromatic rings. The summed E-state index contributed by atoms with van der Waals surface area (Å²) in [4.78, 5) is 0. The van der Waals surface area contributed by atoms with Crippen LogP contribution < -0.4 is 0 Å². The molecule has 0 saturated heterocycles. The summed E-state index contributed by atoms with van der Waals surface area (Å²) in [6, 6.07) is 0. The molecular weight excluding hydrogens is 380 g/mol. The van der Waals surface area contributed by atoms with Crippen molar-refractivity contribution in [2.75, 3.05) is 7.11 Å². The molecule has 0 aromatic heterocycles. The van der Waals surface area contributed by atoms with E-state index in [1.807, 2.05) is 7.11 Å². The van der Waals surface area contributed by atoms with Crippen LogP contribution in [0.1, 0.15) is 109 Å². The number of aliphatic hydroxyl groups is 1. The molecule has 0 radical (unpaired) electrons. The smallest absolute Gasteiger partial charge is 0.0637 e. The number of aliphatic hydroxyl groups excluding tert-OH is 1. The van der Waals surface area contributed by atoms with E-state index in [9.17, 15) is 5.11 Å². The van der Waals surface area contributed by atoms with E-state index in [1.54, 1.807) is 0 Å². The van der Waals surface area contributed by atoms with E-state index in [4.69, 9.17) is 4.74 Å². The summed E-state index contributed by atoms with van der Waals surface area (Å²) in [5.41, 5.74) is 0.754. The number of hydrogen-bond donors (Lipinski definition) is 1. The molecular formula is C29H56O2. The second kappa shape index (κ2) is 8.94. The fourth-order valence-electron chi connectivity index (χ4n) is 7.13. The van der Waals surface area contributed by atoms with Crippen molar-refractivity contribution in [3.05, 3.63) is 0 Å². The van der Waals surface area contributed by atoms with Gasteiger partial charge in [-0.25, -0.2) is 0 Å². The zero-order valence-corrected chi connectivity index (χ0v) is 23.3. The lowest BCUT2D eigenvalue weighted by Gasteiger charge is -2.55. The fourth-order valence-corrected chi connectivity index (χ4v) is 7.13. The molecule has 0 aromatic carbocycles. The third-order valence-corrected chi connectivity index (χ3v) is 9.23. The van der Waals surface area contributed by atoms with Crippen LogP contribution >= 0.6 is 0 Å². The van der Waals surface area contributed by atoms with Crippen molar-refractivity contribution in [3.8, 4) is 0 Å². The highest BCUT2D eigenvalue weighted by molar-refractivity contribution is 5.02. The van der Waals surface area contributed by atoms with Gasteiger partial charge in [0.1, 0.15) is 0 Å². The standard InChI is InChI=1S/C29H56O2/c1-26(2,3)20-14-18(15-21(24(20)30)27(4,5)6)19-16-22(28(7,8)9)25(31-13)23(17-19)29(10,11)12/h18-25,30H,14-17H2,1-13H3. The summed E-state index contributed by atoms with van der Waals surface area (Å²) in [6.07, 6.45) is 5.03. The Balaban J connectivity index is 2.44. The van der Waals surface area contributed by atoms with Gasteiger partial charge >= 0.3 is 0 Å². The molecule has 184 valence electrons. The lowest BCUT2D eigenvalue weighted by Crippen LogP contribution is -2.53. The lowest BCUT2D eigenvalue weighted by atomic mass is 9.52. The maximum Gasteiger partial charge on any atom is 0.0637 e. The van der Waals surface area contributed by atoms with Crippen LogP contribution in [0.5, 0.6) is 0 Å². The zero-order valence-electron chi connectivity index (χ0n) is 23.3. The van der Waals surface area contributed by atoms with Gasteiger partial charge < -0.3 is 9.84 Å². The van der Waals surface area contributed by atoms with Crippen LogP contribution in [0.2, 0.25) is 0 Å². The van der Waals surface area contributed by atoms with E-state index < -0.39 is 0 Å². The van der Waals surface area contributed by atoms with E-state index in [2.05, 4.69) is 83.1 Å². The van der Waals surface area contributed by atoms with E-state index >= 15 is 0 Å². The summed E-state index contributed by atoms with van der Waals surface area (Å²) in [5.74, 6) is 3.32. The zero-order chi connectivity index (χ0) is 24.2. The van der Waals surface area contributed by atoms with Gasteiger partial charge in [-0.1, -0.05) is 83.1 Å². The van der Waals surface area contributed by atoms with Gasteiger partial charge in [0.05, 0.1) is 12.2 Å². The Morgan fingerprint density at radius 2 is 0.774 bits per heavy atom. The first-order valence-electron chi connectivity index (χ1n) is 13.0. The average molecular weight is 437 g/mol. The van der Waals surface area contributed by atoms with Crippen molar-refractivity contribution in [1.82, 2.24) is 0 Å². The van der Waals surface area contributed by atoms with Gasteiger partial charge in [-0.05, 0) is 82.9 Å². The molecule has 2 fully saturated rings. The van der Waals surface area contributed by atoms with E-state index in [0.717, 1.165) is 5.92 Å². The summed E-state index contributed by atoms with van der Waals surface area (Å²) in [7, 11) is 1.94. The lowest BCUT2D eigenvalue weighted by molar-refractivity contribution is -0.133. The normalized spacial score (nSPS) is 38.9. The summed E-state index contributed by atoms with van der Waals surface area (Å²) in [5, 5.41) is 11.4. The Bertz CT molecular complexity index is 532. The van der Waals surface area contributed by atoms with Gasteiger partial charge in [0, 0.05) is 7.11 Å². The van der Waals surface area contributed by atoms with Crippen LogP contribution in [0.4, 0.5) is 0 Å². The molecule has 0 spiro atoms. The van der Waals surface area contributed by atoms with Crippen LogP contribution in [0.25, 0.3) is 0 Å². The number of hydrogen-bond acceptors (Lipinski definition) is 2. The quantitative estimate of drug-likeness (QED) is 0.478. The minimum Gasteiger partial charge on any atom is -0.393 e. The summed E-state index contributed by atoms with van der Waals surface area (Å²) < 4.78 is 6.23. The molecule has 0 bridgehead atoms. The second-order valence-corrected chi connectivity index (χ2v) is 15.5. The predicted octanol–water partition coefficient (Wildman–Crippen LogP) is 7.83. The van der Waals surface area contributed by atoms with Gasteiger partial charge in [0.2, 0.25) is 0 Å². The summed E-state index contributed by atoms with van der Waals surface area (Å²) >= 11 is 0. The Hall–Kier alpha value is -0.0800. The highest BCUT2D eigenvalue weighted by atomic mass is 16.5. The minimum absolute atomic E-state index is 0.137. The van der Waals surface area contributed by atoms with Crippen LogP contribution in [0.3, 0.4) is 0 Å². The number of ether oxygens (including phenoxy) is 1. The third kappa shape index (κ3) is 6.08. The Kier molecular flexibility index (Phi) is 7.83. The molecule has 2 aliphatic carbocycles. The maximum absolute atomic E-state index is 11.4. The molecule has 1 N–H and O–H groups in total. The van der Waals surface area contributed by atoms with Crippen molar-refractivity contribution in [1.29, 1.82) is 0 Å². The van der Waals surface area contributed by atoms with Gasteiger partial charge in [-0.15, -0.1) is 0 Å². The van der Waals surface area contributed by atoms with E-state index in [-0.39, 0.29) is 27.8 Å². The van der Waals surface area contributed by atoms with Gasteiger partial charge in [-0.3, -0.25) is 0 Å². The summed E-state index contributed by atoms with van der Waals surface area (Å²) in [6.45, 7) is 28.5. The molecule has 2 saturated carbocycles. The Labute approximate surface area is 195 Å². The fraction of sp³-hybridized carbons (Fsp3) is 1.00. The number of rotatable bonds is 2. The SMILES string of the molecule is COC1C(C(C)(C)C)CC(C2CC(C(C)(C)C)C(O)C(C(C)(C)C)C2)CC1C(C)(C)C. The van der Waals surface area contributed by atoms with Crippen LogP contribution in [-0.2, 0) is 4.74 Å². The van der Waals surface area contributed by atoms with Crippen LogP contribution in [0.15, 0.2) is 0 Å². The van der Waals surface area contributed by atoms with Gasteiger partial charge in [0.15, 0.2) is 0 Å². The molecule has 2 heteroatoms. The van der Waals surface area contributed by atoms with Crippen molar-refractivity contribution in [3.63, 3.8) is 0 Å². The monoisotopic (exact) mass is 436 g/mol. The van der Waals surface area contributed by atoms with E-state index in [0.29, 0.717) is 35.7 Å². The van der Waals surface area contributed by atoms with Gasteiger partial charge in [-0.2, -0.15) is 0 Å². The molecule has 2 nitrogen and oxygen atoms in total. The van der Waals surface area contributed by atoms with Crippen molar-refractivity contribution >= 4 is 0 Å². The molecule has 0 aliphatic heterocycles. The van der Waals surface area contributed by atoms with E-state index in [1.165, 1.54) is 25.7 Å². The number of methoxy groups -OCH3 is 1. The Morgan fingerprint density at radius 3 is 1.00 bits per heavy atom. The predicted molar refractivity (Wildman–Crippen MR) is 134 cm³/mol. The first kappa shape index (κ1) is 27.2. The molecule has 2 rings (SSSR count). The second-order valence-electron chi connectivity index (χ2n) is 15.5. The molecule has 2 aliphatic rings. The van der Waals surface area contributed by atoms with Crippen molar-refractivity contribution in [2.24, 2.45) is 57.2 Å². The first-order valence-corrected chi connectivity index (χ1v) is 13.0. The van der Waals surface area contributed by atoms with Crippen LogP contribution in [0, 0.1) is 57.2 Å². The minimum atomic E-state index is -0.191. The van der Waals surface area contributed by atoms with Crippen LogP contribution in [-0.4, -0.2) is 24.4 Å². The van der Waals surface area contributed by atoms with Crippen molar-refractivity contribution in [2.45, 2.75) is 121 Å². The average Bonchev–Trinajstić information content (AvgIpc) is 2.57. The molecule has 31 heavy (non-hydrogen) atoms. The largest absolute Gasteiger partial charge is 0.393 e. The molecule has 4 atom stereocenters. The third-order valence-electron chi connectivity index (χ3n) is 9.23. The first-order chi connectivity index (χ1) is 13.8. The highest BCUT2D eigenvalue weighted by Crippen LogP contribution is 2.56. The molecule has 0 heterocycles. The van der Waals surface area contributed by atoms with Crippen molar-refractivity contribution < 1.29 is 9.84 Å².